The summed E-state index contributed by atoms with van der Waals surface area (Å²) in [7, 11) is 0. The molecule has 3 rings (SSSR count). The van der Waals surface area contributed by atoms with Crippen LogP contribution in [0.4, 0.5) is 10.1 Å². The van der Waals surface area contributed by atoms with Crippen LogP contribution in [0.15, 0.2) is 60.7 Å². The Bertz CT molecular complexity index is 953. The van der Waals surface area contributed by atoms with E-state index in [4.69, 9.17) is 4.74 Å². The Labute approximate surface area is 158 Å². The molecule has 0 unspecified atom stereocenters. The van der Waals surface area contributed by atoms with E-state index in [1.807, 2.05) is 24.3 Å². The van der Waals surface area contributed by atoms with Gasteiger partial charge in [0.2, 0.25) is 5.95 Å². The molecule has 2 aromatic carbocycles. The Balaban J connectivity index is 1.71. The Hall–Kier alpha value is -3.21. The molecule has 0 aliphatic rings. The number of hydrogen-bond acceptors (Lipinski definition) is 3. The summed E-state index contributed by atoms with van der Waals surface area (Å²) >= 11 is 0. The fraction of sp³-hybridized carbons (Fsp3) is 0.182. The van der Waals surface area contributed by atoms with E-state index >= 15 is 0 Å². The number of benzene rings is 2. The van der Waals surface area contributed by atoms with E-state index in [1.54, 1.807) is 31.2 Å². The molecular weight excluding hydrogens is 343 g/mol. The number of nitrogens with one attached hydrogen (secondary N) is 1. The van der Waals surface area contributed by atoms with Gasteiger partial charge in [0, 0.05) is 5.69 Å². The zero-order chi connectivity index (χ0) is 19.4. The molecule has 0 bridgehead atoms. The zero-order valence-electron chi connectivity index (χ0n) is 15.5. The van der Waals surface area contributed by atoms with Gasteiger partial charge in [-0.3, -0.25) is 4.79 Å². The molecule has 0 saturated carbocycles. The molecule has 1 N–H and O–H groups in total. The smallest absolute Gasteiger partial charge is 0.257 e. The summed E-state index contributed by atoms with van der Waals surface area (Å²) in [4.78, 5) is 16.0. The highest BCUT2D eigenvalue weighted by molar-refractivity contribution is 6.04. The third kappa shape index (κ3) is 4.50. The number of amides is 1. The first kappa shape index (κ1) is 18.6. The van der Waals surface area contributed by atoms with Gasteiger partial charge in [0.05, 0.1) is 11.3 Å². The van der Waals surface area contributed by atoms with Crippen molar-refractivity contribution >= 4 is 11.6 Å². The highest BCUT2D eigenvalue weighted by Gasteiger charge is 2.12. The maximum Gasteiger partial charge on any atom is 0.257 e. The third-order valence-electron chi connectivity index (χ3n) is 4.18. The maximum absolute atomic E-state index is 13.1. The molecule has 5 heteroatoms. The standard InChI is InChI=1S/C22H21FN2O2/c1-14(2)18-6-4-5-7-20(18)27-17-10-8-16(9-11-17)25-22(26)19-12-13-21(23)24-15(19)3/h4-14H,1-3H3,(H,25,26). The number of rotatable bonds is 5. The van der Waals surface area contributed by atoms with Crippen molar-refractivity contribution in [2.24, 2.45) is 0 Å². The van der Waals surface area contributed by atoms with Gasteiger partial charge in [-0.05, 0) is 60.9 Å². The van der Waals surface area contributed by atoms with E-state index in [0.29, 0.717) is 28.6 Å². The van der Waals surface area contributed by atoms with Crippen LogP contribution in [0.25, 0.3) is 0 Å². The summed E-state index contributed by atoms with van der Waals surface area (Å²) in [6.07, 6.45) is 0. The van der Waals surface area contributed by atoms with E-state index in [9.17, 15) is 9.18 Å². The molecule has 0 aliphatic carbocycles. The van der Waals surface area contributed by atoms with Gasteiger partial charge in [0.15, 0.2) is 0 Å². The molecule has 1 amide bonds. The molecule has 1 heterocycles. The first-order valence-corrected chi connectivity index (χ1v) is 8.75. The van der Waals surface area contributed by atoms with Crippen molar-refractivity contribution < 1.29 is 13.9 Å². The number of carbonyl (C=O) groups excluding carboxylic acids is 1. The number of hydrogen-bond donors (Lipinski definition) is 1. The third-order valence-corrected chi connectivity index (χ3v) is 4.18. The van der Waals surface area contributed by atoms with Crippen molar-refractivity contribution in [3.63, 3.8) is 0 Å². The highest BCUT2D eigenvalue weighted by Crippen LogP contribution is 2.30. The lowest BCUT2D eigenvalue weighted by Gasteiger charge is -2.14. The van der Waals surface area contributed by atoms with Crippen LogP contribution >= 0.6 is 0 Å². The normalized spacial score (nSPS) is 10.7. The quantitative estimate of drug-likeness (QED) is 0.591. The first-order chi connectivity index (χ1) is 12.9. The second kappa shape index (κ2) is 7.99. The molecule has 0 aliphatic heterocycles. The topological polar surface area (TPSA) is 51.2 Å². The average molecular weight is 364 g/mol. The van der Waals surface area contributed by atoms with Gasteiger partial charge < -0.3 is 10.1 Å². The van der Waals surface area contributed by atoms with Gasteiger partial charge in [-0.2, -0.15) is 4.39 Å². The van der Waals surface area contributed by atoms with Crippen LogP contribution < -0.4 is 10.1 Å². The van der Waals surface area contributed by atoms with Crippen LogP contribution in [0.1, 0.15) is 41.4 Å². The highest BCUT2D eigenvalue weighted by atomic mass is 19.1. The van der Waals surface area contributed by atoms with Crippen molar-refractivity contribution in [1.82, 2.24) is 4.98 Å². The number of carbonyl (C=O) groups is 1. The molecule has 3 aromatic rings. The number of aryl methyl sites for hydroxylation is 1. The Morgan fingerprint density at radius 1 is 1.04 bits per heavy atom. The lowest BCUT2D eigenvalue weighted by Crippen LogP contribution is -2.14. The van der Waals surface area contributed by atoms with Crippen molar-refractivity contribution in [2.75, 3.05) is 5.32 Å². The van der Waals surface area contributed by atoms with E-state index < -0.39 is 5.95 Å². The lowest BCUT2D eigenvalue weighted by molar-refractivity contribution is 0.102. The van der Waals surface area contributed by atoms with Crippen LogP contribution in [-0.4, -0.2) is 10.9 Å². The minimum absolute atomic E-state index is 0.334. The molecule has 138 valence electrons. The number of pyridine rings is 1. The monoisotopic (exact) mass is 364 g/mol. The minimum Gasteiger partial charge on any atom is -0.457 e. The number of anilines is 1. The van der Waals surface area contributed by atoms with Gasteiger partial charge in [-0.25, -0.2) is 4.98 Å². The van der Waals surface area contributed by atoms with Gasteiger partial charge >= 0.3 is 0 Å². The minimum atomic E-state index is -0.604. The van der Waals surface area contributed by atoms with Crippen molar-refractivity contribution in [3.8, 4) is 11.5 Å². The fourth-order valence-electron chi connectivity index (χ4n) is 2.75. The molecule has 0 spiro atoms. The largest absolute Gasteiger partial charge is 0.457 e. The summed E-state index contributed by atoms with van der Waals surface area (Å²) in [5.74, 6) is 0.913. The molecule has 27 heavy (non-hydrogen) atoms. The van der Waals surface area contributed by atoms with Gasteiger partial charge in [0.1, 0.15) is 11.5 Å². The molecule has 0 saturated heterocycles. The second-order valence-electron chi connectivity index (χ2n) is 6.54. The molecule has 0 fully saturated rings. The van der Waals surface area contributed by atoms with Crippen LogP contribution in [-0.2, 0) is 0 Å². The molecule has 4 nitrogen and oxygen atoms in total. The number of nitrogens with zero attached hydrogens (tertiary/aromatic N) is 1. The van der Waals surface area contributed by atoms with Crippen LogP contribution in [0, 0.1) is 12.9 Å². The summed E-state index contributed by atoms with van der Waals surface area (Å²) in [6.45, 7) is 5.83. The number of halogens is 1. The molecule has 1 aromatic heterocycles. The molecule has 0 radical (unpaired) electrons. The summed E-state index contributed by atoms with van der Waals surface area (Å²) in [5.41, 5.74) is 2.43. The zero-order valence-corrected chi connectivity index (χ0v) is 15.5. The summed E-state index contributed by atoms with van der Waals surface area (Å²) in [6, 6.07) is 17.6. The van der Waals surface area contributed by atoms with Crippen molar-refractivity contribution in [2.45, 2.75) is 26.7 Å². The summed E-state index contributed by atoms with van der Waals surface area (Å²) < 4.78 is 19.1. The first-order valence-electron chi connectivity index (χ1n) is 8.75. The maximum atomic E-state index is 13.1. The van der Waals surface area contributed by atoms with Gasteiger partial charge in [-0.15, -0.1) is 0 Å². The average Bonchev–Trinajstić information content (AvgIpc) is 2.63. The van der Waals surface area contributed by atoms with Crippen LogP contribution in [0.2, 0.25) is 0 Å². The number of aromatic nitrogens is 1. The fourth-order valence-corrected chi connectivity index (χ4v) is 2.75. The van der Waals surface area contributed by atoms with E-state index in [0.717, 1.165) is 11.3 Å². The van der Waals surface area contributed by atoms with E-state index in [2.05, 4.69) is 24.1 Å². The SMILES string of the molecule is Cc1nc(F)ccc1C(=O)Nc1ccc(Oc2ccccc2C(C)C)cc1. The van der Waals surface area contributed by atoms with Gasteiger partial charge in [-0.1, -0.05) is 32.0 Å². The Morgan fingerprint density at radius 2 is 1.74 bits per heavy atom. The van der Waals surface area contributed by atoms with Crippen LogP contribution in [0.5, 0.6) is 11.5 Å². The Kier molecular flexibility index (Phi) is 5.50. The second-order valence-corrected chi connectivity index (χ2v) is 6.54. The number of ether oxygens (including phenoxy) is 1. The molecule has 0 atom stereocenters. The van der Waals surface area contributed by atoms with Crippen molar-refractivity contribution in [1.29, 1.82) is 0 Å². The number of para-hydroxylation sites is 1. The predicted molar refractivity (Wildman–Crippen MR) is 104 cm³/mol. The predicted octanol–water partition coefficient (Wildman–Crippen LogP) is 5.70. The Morgan fingerprint density at radius 3 is 2.41 bits per heavy atom. The van der Waals surface area contributed by atoms with E-state index in [1.165, 1.54) is 12.1 Å². The van der Waals surface area contributed by atoms with E-state index in [-0.39, 0.29) is 5.91 Å². The van der Waals surface area contributed by atoms with Gasteiger partial charge in [0.25, 0.3) is 5.91 Å². The van der Waals surface area contributed by atoms with Crippen molar-refractivity contribution in [3.05, 3.63) is 83.4 Å². The summed E-state index contributed by atoms with van der Waals surface area (Å²) in [5, 5.41) is 2.78. The lowest BCUT2D eigenvalue weighted by atomic mass is 10.0. The van der Waals surface area contributed by atoms with Crippen LogP contribution in [0.3, 0.4) is 0 Å². The molecular formula is C22H21FN2O2.